The molecule has 0 amide bonds. The zero-order valence-corrected chi connectivity index (χ0v) is 11.6. The molecule has 1 N–H and O–H groups in total. The van der Waals surface area contributed by atoms with E-state index in [9.17, 15) is 0 Å². The maximum Gasteiger partial charge on any atom is 0.0491 e. The molecular weight excluding hydrogens is 232 g/mol. The molecule has 1 heterocycles. The van der Waals surface area contributed by atoms with Crippen molar-refractivity contribution in [3.05, 3.63) is 48.0 Å². The Kier molecular flexibility index (Phi) is 3.26. The van der Waals surface area contributed by atoms with Gasteiger partial charge in [-0.3, -0.25) is 0 Å². The van der Waals surface area contributed by atoms with Gasteiger partial charge < -0.3 is 9.88 Å². The van der Waals surface area contributed by atoms with Crippen LogP contribution in [0, 0.1) is 0 Å². The lowest BCUT2D eigenvalue weighted by Crippen LogP contribution is -2.10. The Morgan fingerprint density at radius 3 is 2.58 bits per heavy atom. The summed E-state index contributed by atoms with van der Waals surface area (Å²) in [6, 6.07) is 15.6. The Bertz CT molecular complexity index is 710. The van der Waals surface area contributed by atoms with Gasteiger partial charge in [0.1, 0.15) is 0 Å². The van der Waals surface area contributed by atoms with Crippen LogP contribution in [-0.4, -0.2) is 18.2 Å². The van der Waals surface area contributed by atoms with E-state index in [1.54, 1.807) is 0 Å². The molecule has 2 nitrogen and oxygen atoms in total. The monoisotopic (exact) mass is 252 g/mol. The van der Waals surface area contributed by atoms with E-state index < -0.39 is 0 Å². The Hall–Kier alpha value is -1.80. The first-order chi connectivity index (χ1) is 9.35. The fourth-order valence-corrected chi connectivity index (χ4v) is 2.87. The van der Waals surface area contributed by atoms with Crippen molar-refractivity contribution in [3.63, 3.8) is 0 Å². The molecule has 2 aromatic carbocycles. The van der Waals surface area contributed by atoms with Gasteiger partial charge in [0.15, 0.2) is 0 Å². The van der Waals surface area contributed by atoms with Crippen molar-refractivity contribution < 1.29 is 0 Å². The van der Waals surface area contributed by atoms with Crippen LogP contribution in [0.2, 0.25) is 0 Å². The zero-order valence-electron chi connectivity index (χ0n) is 11.6. The zero-order chi connectivity index (χ0) is 13.2. The average molecular weight is 252 g/mol. The second kappa shape index (κ2) is 5.06. The molecular formula is C17H20N2. The number of nitrogens with zero attached hydrogens (tertiary/aromatic N) is 1. The molecule has 19 heavy (non-hydrogen) atoms. The molecule has 0 aliphatic carbocycles. The molecule has 0 radical (unpaired) electrons. The highest BCUT2D eigenvalue weighted by molar-refractivity contribution is 6.08. The van der Waals surface area contributed by atoms with E-state index in [2.05, 4.69) is 59.3 Å². The molecule has 0 bridgehead atoms. The summed E-state index contributed by atoms with van der Waals surface area (Å²) in [5.41, 5.74) is 4.09. The maximum absolute atomic E-state index is 3.21. The summed E-state index contributed by atoms with van der Waals surface area (Å²) in [4.78, 5) is 0. The molecule has 98 valence electrons. The number of aromatic nitrogens is 1. The molecule has 0 saturated heterocycles. The van der Waals surface area contributed by atoms with Crippen LogP contribution >= 0.6 is 0 Å². The second-order valence-electron chi connectivity index (χ2n) is 4.97. The van der Waals surface area contributed by atoms with Gasteiger partial charge in [0.25, 0.3) is 0 Å². The molecule has 3 aromatic rings. The molecule has 0 aliphatic heterocycles. The number of rotatable bonds is 4. The van der Waals surface area contributed by atoms with Crippen molar-refractivity contribution in [3.8, 4) is 0 Å². The molecule has 0 aliphatic rings. The number of likely N-dealkylation sites (N-methyl/N-ethyl adjacent to an activating group) is 1. The lowest BCUT2D eigenvalue weighted by atomic mass is 10.1. The third kappa shape index (κ3) is 2.02. The molecule has 1 aromatic heterocycles. The van der Waals surface area contributed by atoms with Crippen molar-refractivity contribution >= 4 is 21.8 Å². The van der Waals surface area contributed by atoms with E-state index in [1.165, 1.54) is 27.4 Å². The normalized spacial score (nSPS) is 11.5. The highest BCUT2D eigenvalue weighted by atomic mass is 15.0. The van der Waals surface area contributed by atoms with Crippen LogP contribution in [0.25, 0.3) is 21.8 Å². The summed E-state index contributed by atoms with van der Waals surface area (Å²) < 4.78 is 2.40. The minimum absolute atomic E-state index is 1.01. The molecule has 0 unspecified atom stereocenters. The van der Waals surface area contributed by atoms with Crippen molar-refractivity contribution in [2.75, 3.05) is 13.6 Å². The fraction of sp³-hybridized carbons (Fsp3) is 0.294. The molecule has 3 rings (SSSR count). The number of aryl methyl sites for hydroxylation is 1. The molecule has 0 atom stereocenters. The van der Waals surface area contributed by atoms with Crippen molar-refractivity contribution in [2.45, 2.75) is 19.9 Å². The smallest absolute Gasteiger partial charge is 0.0491 e. The number of benzene rings is 2. The minimum Gasteiger partial charge on any atom is -0.341 e. The summed E-state index contributed by atoms with van der Waals surface area (Å²) in [5.74, 6) is 0. The van der Waals surface area contributed by atoms with Crippen LogP contribution in [-0.2, 0) is 13.0 Å². The van der Waals surface area contributed by atoms with E-state index in [0.717, 1.165) is 19.5 Å². The van der Waals surface area contributed by atoms with Gasteiger partial charge >= 0.3 is 0 Å². The van der Waals surface area contributed by atoms with E-state index in [0.29, 0.717) is 0 Å². The maximum atomic E-state index is 3.21. The Morgan fingerprint density at radius 2 is 1.79 bits per heavy atom. The van der Waals surface area contributed by atoms with E-state index in [1.807, 2.05) is 7.05 Å². The Balaban J connectivity index is 2.24. The lowest BCUT2D eigenvalue weighted by Gasteiger charge is -2.04. The quantitative estimate of drug-likeness (QED) is 0.751. The van der Waals surface area contributed by atoms with E-state index >= 15 is 0 Å². The van der Waals surface area contributed by atoms with E-state index in [-0.39, 0.29) is 0 Å². The summed E-state index contributed by atoms with van der Waals surface area (Å²) in [5, 5.41) is 5.96. The predicted octanol–water partition coefficient (Wildman–Crippen LogP) is 3.58. The van der Waals surface area contributed by atoms with Crippen molar-refractivity contribution in [1.29, 1.82) is 0 Å². The van der Waals surface area contributed by atoms with Crippen LogP contribution in [0.5, 0.6) is 0 Å². The van der Waals surface area contributed by atoms with Gasteiger partial charge in [0, 0.05) is 28.4 Å². The average Bonchev–Trinajstić information content (AvgIpc) is 2.78. The third-order valence-corrected chi connectivity index (χ3v) is 3.82. The first kappa shape index (κ1) is 12.2. The first-order valence-electron chi connectivity index (χ1n) is 6.99. The van der Waals surface area contributed by atoms with Gasteiger partial charge in [0.2, 0.25) is 0 Å². The topological polar surface area (TPSA) is 17.0 Å². The Morgan fingerprint density at radius 1 is 1.00 bits per heavy atom. The highest BCUT2D eigenvalue weighted by Crippen LogP contribution is 2.29. The van der Waals surface area contributed by atoms with Gasteiger partial charge in [-0.05, 0) is 50.7 Å². The number of hydrogen-bond donors (Lipinski definition) is 1. The van der Waals surface area contributed by atoms with Gasteiger partial charge in [-0.1, -0.05) is 24.3 Å². The van der Waals surface area contributed by atoms with Crippen molar-refractivity contribution in [1.82, 2.24) is 9.88 Å². The van der Waals surface area contributed by atoms with Gasteiger partial charge in [0.05, 0.1) is 0 Å². The number of nitrogens with one attached hydrogen (secondary N) is 1. The Labute approximate surface area is 114 Å². The van der Waals surface area contributed by atoms with Crippen molar-refractivity contribution in [2.24, 2.45) is 0 Å². The van der Waals surface area contributed by atoms with Gasteiger partial charge in [-0.2, -0.15) is 0 Å². The first-order valence-corrected chi connectivity index (χ1v) is 6.99. The van der Waals surface area contributed by atoms with Crippen LogP contribution in [0.1, 0.15) is 12.5 Å². The summed E-state index contributed by atoms with van der Waals surface area (Å²) >= 11 is 0. The second-order valence-corrected chi connectivity index (χ2v) is 4.97. The number of para-hydroxylation sites is 1. The summed E-state index contributed by atoms with van der Waals surface area (Å²) in [6.07, 6.45) is 1.08. The summed E-state index contributed by atoms with van der Waals surface area (Å²) in [6.45, 7) is 4.25. The van der Waals surface area contributed by atoms with Crippen LogP contribution in [0.15, 0.2) is 42.5 Å². The molecule has 0 spiro atoms. The van der Waals surface area contributed by atoms with Gasteiger partial charge in [-0.25, -0.2) is 0 Å². The molecule has 0 fully saturated rings. The standard InChI is InChI=1S/C17H20N2/c1-3-19-16-7-5-4-6-14(16)15-12-13(10-11-18-2)8-9-17(15)19/h4-9,12,18H,3,10-11H2,1-2H3. The molecule has 2 heteroatoms. The van der Waals surface area contributed by atoms with Crippen LogP contribution < -0.4 is 5.32 Å². The predicted molar refractivity (Wildman–Crippen MR) is 82.7 cm³/mol. The third-order valence-electron chi connectivity index (χ3n) is 3.82. The number of hydrogen-bond acceptors (Lipinski definition) is 1. The summed E-state index contributed by atoms with van der Waals surface area (Å²) in [7, 11) is 2.00. The minimum atomic E-state index is 1.01. The van der Waals surface area contributed by atoms with Gasteiger partial charge in [-0.15, -0.1) is 0 Å². The van der Waals surface area contributed by atoms with Crippen LogP contribution in [0.3, 0.4) is 0 Å². The SMILES string of the molecule is CCn1c2ccccc2c2cc(CCNC)ccc21. The van der Waals surface area contributed by atoms with E-state index in [4.69, 9.17) is 0 Å². The van der Waals surface area contributed by atoms with Crippen LogP contribution in [0.4, 0.5) is 0 Å². The fourth-order valence-electron chi connectivity index (χ4n) is 2.87. The lowest BCUT2D eigenvalue weighted by molar-refractivity contribution is 0.792. The highest BCUT2D eigenvalue weighted by Gasteiger charge is 2.09. The largest absolute Gasteiger partial charge is 0.341 e. The molecule has 0 saturated carbocycles. The number of fused-ring (bicyclic) bond motifs is 3.